The summed E-state index contributed by atoms with van der Waals surface area (Å²) in [6.07, 6.45) is 5.34. The highest BCUT2D eigenvalue weighted by molar-refractivity contribution is 6.16. The van der Waals surface area contributed by atoms with E-state index in [1.54, 1.807) is 19.2 Å². The van der Waals surface area contributed by atoms with Crippen LogP contribution in [0.5, 0.6) is 5.75 Å². The van der Waals surface area contributed by atoms with Crippen LogP contribution in [0.4, 0.5) is 11.4 Å². The molecule has 3 aromatic rings. The van der Waals surface area contributed by atoms with Crippen LogP contribution in [-0.4, -0.2) is 36.7 Å². The Morgan fingerprint density at radius 3 is 2.57 bits per heavy atom. The van der Waals surface area contributed by atoms with Crippen molar-refractivity contribution in [2.75, 3.05) is 17.3 Å². The number of nitrogens with zero attached hydrogens (tertiary/aromatic N) is 1. The Balaban J connectivity index is 1.68. The molecule has 0 bridgehead atoms. The molecule has 7 heteroatoms. The standard InChI is InChI=1S/C30H28N2O5/c1-29(2,3)27(34)25-24(26(33)22-10-7-15-37-22)30(19-8-5-6-9-20(19)31-28(30)35)23-14-11-17-16-18(36-4)12-13-21(17)32(23)25/h5-16,23-25H,1-4H3,(H,31,35). The minimum Gasteiger partial charge on any atom is -0.497 e. The van der Waals surface area contributed by atoms with Gasteiger partial charge in [0.05, 0.1) is 25.3 Å². The molecule has 1 aromatic heterocycles. The number of rotatable bonds is 4. The number of ketones is 2. The van der Waals surface area contributed by atoms with Gasteiger partial charge in [0.25, 0.3) is 0 Å². The Labute approximate surface area is 215 Å². The number of benzene rings is 2. The average Bonchev–Trinajstić information content (AvgIpc) is 3.59. The quantitative estimate of drug-likeness (QED) is 0.518. The fourth-order valence-electron chi connectivity index (χ4n) is 6.30. The van der Waals surface area contributed by atoms with Crippen LogP contribution >= 0.6 is 0 Å². The molecule has 1 fully saturated rings. The molecule has 3 aliphatic heterocycles. The first-order chi connectivity index (χ1) is 17.7. The zero-order valence-electron chi connectivity index (χ0n) is 21.1. The molecule has 0 saturated carbocycles. The first-order valence-electron chi connectivity index (χ1n) is 12.4. The summed E-state index contributed by atoms with van der Waals surface area (Å²) in [6.45, 7) is 5.55. The maximum Gasteiger partial charge on any atom is 0.238 e. The van der Waals surface area contributed by atoms with E-state index in [2.05, 4.69) is 5.32 Å². The van der Waals surface area contributed by atoms with Crippen LogP contribution in [0.25, 0.3) is 6.08 Å². The second kappa shape index (κ2) is 7.93. The third-order valence-electron chi connectivity index (χ3n) is 7.89. The molecule has 1 amide bonds. The number of methoxy groups -OCH3 is 1. The molecule has 0 radical (unpaired) electrons. The SMILES string of the molecule is COc1ccc2c(c1)C=CC1N2C(C(=O)C(C)(C)C)C(C(=O)c2ccco2)C12C(=O)Nc1ccccc12. The first kappa shape index (κ1) is 23.3. The monoisotopic (exact) mass is 496 g/mol. The normalized spacial score (nSPS) is 25.5. The van der Waals surface area contributed by atoms with E-state index < -0.39 is 28.8 Å². The van der Waals surface area contributed by atoms with E-state index in [0.717, 1.165) is 11.3 Å². The number of para-hydroxylation sites is 1. The van der Waals surface area contributed by atoms with Gasteiger partial charge < -0.3 is 19.4 Å². The molecule has 2 aromatic carbocycles. The van der Waals surface area contributed by atoms with E-state index >= 15 is 0 Å². The Bertz CT molecular complexity index is 1470. The summed E-state index contributed by atoms with van der Waals surface area (Å²) in [5, 5.41) is 3.02. The van der Waals surface area contributed by atoms with Crippen molar-refractivity contribution < 1.29 is 23.5 Å². The molecule has 188 valence electrons. The fraction of sp³-hybridized carbons (Fsp3) is 0.300. The number of furan rings is 1. The highest BCUT2D eigenvalue weighted by Crippen LogP contribution is 2.58. The molecule has 1 N–H and O–H groups in total. The Morgan fingerprint density at radius 1 is 1.08 bits per heavy atom. The number of anilines is 2. The van der Waals surface area contributed by atoms with Gasteiger partial charge in [-0.2, -0.15) is 0 Å². The molecule has 37 heavy (non-hydrogen) atoms. The number of fused-ring (bicyclic) bond motifs is 6. The van der Waals surface area contributed by atoms with Crippen LogP contribution < -0.4 is 15.0 Å². The number of Topliss-reactive ketones (excluding diaryl/α,β-unsaturated/α-hetero) is 2. The third kappa shape index (κ3) is 3.09. The number of nitrogens with one attached hydrogen (secondary N) is 1. The van der Waals surface area contributed by atoms with Crippen molar-refractivity contribution >= 4 is 34.9 Å². The lowest BCUT2D eigenvalue weighted by Gasteiger charge is -2.38. The molecule has 7 nitrogen and oxygen atoms in total. The second-order valence-corrected chi connectivity index (χ2v) is 10.9. The van der Waals surface area contributed by atoms with Gasteiger partial charge in [0, 0.05) is 22.4 Å². The van der Waals surface area contributed by atoms with Crippen molar-refractivity contribution in [1.82, 2.24) is 0 Å². The van der Waals surface area contributed by atoms with Gasteiger partial charge in [-0.3, -0.25) is 14.4 Å². The Kier molecular flexibility index (Phi) is 4.99. The van der Waals surface area contributed by atoms with E-state index in [9.17, 15) is 14.4 Å². The molecular weight excluding hydrogens is 468 g/mol. The minimum atomic E-state index is -1.33. The van der Waals surface area contributed by atoms with Crippen LogP contribution in [0.2, 0.25) is 0 Å². The number of carbonyl (C=O) groups excluding carboxylic acids is 3. The number of amides is 1. The van der Waals surface area contributed by atoms with Crippen LogP contribution in [0, 0.1) is 11.3 Å². The van der Waals surface area contributed by atoms with Crippen LogP contribution in [0.3, 0.4) is 0 Å². The number of carbonyl (C=O) groups is 3. The summed E-state index contributed by atoms with van der Waals surface area (Å²) in [5.41, 5.74) is 0.899. The van der Waals surface area contributed by atoms with E-state index in [4.69, 9.17) is 9.15 Å². The summed E-state index contributed by atoms with van der Waals surface area (Å²) >= 11 is 0. The van der Waals surface area contributed by atoms with Crippen molar-refractivity contribution in [3.63, 3.8) is 0 Å². The van der Waals surface area contributed by atoms with Gasteiger partial charge in [0.2, 0.25) is 11.7 Å². The van der Waals surface area contributed by atoms with Crippen molar-refractivity contribution in [2.24, 2.45) is 11.3 Å². The molecular formula is C30H28N2O5. The van der Waals surface area contributed by atoms with Gasteiger partial charge in [-0.05, 0) is 42.0 Å². The van der Waals surface area contributed by atoms with E-state index in [1.807, 2.05) is 80.3 Å². The lowest BCUT2D eigenvalue weighted by molar-refractivity contribution is -0.128. The second-order valence-electron chi connectivity index (χ2n) is 10.9. The molecule has 6 rings (SSSR count). The topological polar surface area (TPSA) is 88.8 Å². The molecule has 0 aliphatic carbocycles. The Hall–Kier alpha value is -4.13. The van der Waals surface area contributed by atoms with Gasteiger partial charge in [0.1, 0.15) is 17.2 Å². The fourth-order valence-corrected chi connectivity index (χ4v) is 6.30. The van der Waals surface area contributed by atoms with Crippen molar-refractivity contribution in [1.29, 1.82) is 0 Å². The molecule has 3 aliphatic rings. The van der Waals surface area contributed by atoms with Crippen LogP contribution in [-0.2, 0) is 15.0 Å². The van der Waals surface area contributed by atoms with Gasteiger partial charge in [-0.25, -0.2) is 0 Å². The maximum absolute atomic E-state index is 14.3. The highest BCUT2D eigenvalue weighted by Gasteiger charge is 2.71. The predicted octanol–water partition coefficient (Wildman–Crippen LogP) is 4.88. The number of ether oxygens (including phenoxy) is 1. The highest BCUT2D eigenvalue weighted by atomic mass is 16.5. The molecule has 1 spiro atoms. The summed E-state index contributed by atoms with van der Waals surface area (Å²) in [4.78, 5) is 44.7. The Morgan fingerprint density at radius 2 is 1.86 bits per heavy atom. The summed E-state index contributed by atoms with van der Waals surface area (Å²) in [7, 11) is 1.60. The third-order valence-corrected chi connectivity index (χ3v) is 7.89. The van der Waals surface area contributed by atoms with Gasteiger partial charge in [-0.15, -0.1) is 0 Å². The lowest BCUT2D eigenvalue weighted by Crippen LogP contribution is -2.51. The van der Waals surface area contributed by atoms with Crippen LogP contribution in [0.1, 0.15) is 42.5 Å². The van der Waals surface area contributed by atoms with Gasteiger partial charge in [-0.1, -0.05) is 51.1 Å². The first-order valence-corrected chi connectivity index (χ1v) is 12.4. The van der Waals surface area contributed by atoms with E-state index in [-0.39, 0.29) is 23.2 Å². The lowest BCUT2D eigenvalue weighted by atomic mass is 9.63. The van der Waals surface area contributed by atoms with Gasteiger partial charge in [0.15, 0.2) is 11.5 Å². The van der Waals surface area contributed by atoms with Crippen LogP contribution in [0.15, 0.2) is 71.4 Å². The number of hydrogen-bond acceptors (Lipinski definition) is 6. The van der Waals surface area contributed by atoms with Crippen molar-refractivity contribution in [3.8, 4) is 5.75 Å². The molecule has 1 saturated heterocycles. The zero-order chi connectivity index (χ0) is 26.1. The maximum atomic E-state index is 14.3. The smallest absolute Gasteiger partial charge is 0.238 e. The van der Waals surface area contributed by atoms with E-state index in [0.29, 0.717) is 17.0 Å². The van der Waals surface area contributed by atoms with Gasteiger partial charge >= 0.3 is 0 Å². The largest absolute Gasteiger partial charge is 0.497 e. The van der Waals surface area contributed by atoms with Crippen molar-refractivity contribution in [2.45, 2.75) is 38.3 Å². The molecule has 4 unspecified atom stereocenters. The molecule has 4 heterocycles. The molecule has 4 atom stereocenters. The van der Waals surface area contributed by atoms with E-state index in [1.165, 1.54) is 6.26 Å². The summed E-state index contributed by atoms with van der Waals surface area (Å²) in [6, 6.07) is 14.8. The average molecular weight is 497 g/mol. The van der Waals surface area contributed by atoms with Crippen molar-refractivity contribution in [3.05, 3.63) is 83.8 Å². The summed E-state index contributed by atoms with van der Waals surface area (Å²) in [5.74, 6) is -0.976. The summed E-state index contributed by atoms with van der Waals surface area (Å²) < 4.78 is 11.0. The predicted molar refractivity (Wildman–Crippen MR) is 140 cm³/mol. The minimum absolute atomic E-state index is 0.117. The zero-order valence-corrected chi connectivity index (χ0v) is 21.1. The number of hydrogen-bond donors (Lipinski definition) is 1.